The molecule has 0 bridgehead atoms. The van der Waals surface area contributed by atoms with E-state index in [4.69, 9.17) is 12.2 Å². The lowest BCUT2D eigenvalue weighted by Gasteiger charge is -2.16. The van der Waals surface area contributed by atoms with E-state index in [2.05, 4.69) is 16.9 Å². The second kappa shape index (κ2) is 4.88. The maximum Gasteiger partial charge on any atom is 0.133 e. The van der Waals surface area contributed by atoms with E-state index in [1.165, 1.54) is 36.9 Å². The largest absolute Gasteiger partial charge is 0.347 e. The van der Waals surface area contributed by atoms with Crippen LogP contribution in [0.2, 0.25) is 0 Å². The van der Waals surface area contributed by atoms with E-state index in [9.17, 15) is 0 Å². The standard InChI is InChI=1S/C12H18N2S/c1-2-3-8-11-13-10-7-5-4-6-9(10)12(15)14-11/h2-8H2,1H3,(H,13,14,15). The van der Waals surface area contributed by atoms with Gasteiger partial charge in [-0.15, -0.1) is 0 Å². The fourth-order valence-electron chi connectivity index (χ4n) is 2.13. The molecule has 0 fully saturated rings. The summed E-state index contributed by atoms with van der Waals surface area (Å²) in [6.07, 6.45) is 8.26. The number of aryl methyl sites for hydroxylation is 2. The third-order valence-corrected chi connectivity index (χ3v) is 3.36. The molecule has 3 heteroatoms. The zero-order chi connectivity index (χ0) is 10.7. The molecule has 0 aromatic carbocycles. The lowest BCUT2D eigenvalue weighted by molar-refractivity contribution is 0.644. The molecule has 1 aliphatic rings. The molecule has 1 aromatic rings. The Morgan fingerprint density at radius 1 is 1.33 bits per heavy atom. The Balaban J connectivity index is 2.28. The lowest BCUT2D eigenvalue weighted by Crippen LogP contribution is -2.10. The Morgan fingerprint density at radius 2 is 2.13 bits per heavy atom. The zero-order valence-corrected chi connectivity index (χ0v) is 10.1. The number of hydrogen-bond acceptors (Lipinski definition) is 2. The molecule has 0 saturated heterocycles. The summed E-state index contributed by atoms with van der Waals surface area (Å²) in [5.41, 5.74) is 2.66. The van der Waals surface area contributed by atoms with E-state index in [-0.39, 0.29) is 0 Å². The van der Waals surface area contributed by atoms with Crippen LogP contribution >= 0.6 is 12.2 Å². The maximum absolute atomic E-state index is 5.35. The number of aromatic nitrogens is 2. The van der Waals surface area contributed by atoms with Crippen LogP contribution in [-0.4, -0.2) is 9.97 Å². The van der Waals surface area contributed by atoms with Crippen molar-refractivity contribution >= 4 is 12.2 Å². The van der Waals surface area contributed by atoms with Crippen molar-refractivity contribution in [1.29, 1.82) is 0 Å². The average Bonchev–Trinajstić information content (AvgIpc) is 2.26. The smallest absolute Gasteiger partial charge is 0.133 e. The predicted molar refractivity (Wildman–Crippen MR) is 64.7 cm³/mol. The number of unbranched alkanes of at least 4 members (excludes halogenated alkanes) is 1. The quantitative estimate of drug-likeness (QED) is 0.794. The number of aromatic amines is 1. The van der Waals surface area contributed by atoms with Crippen LogP contribution in [0.3, 0.4) is 0 Å². The van der Waals surface area contributed by atoms with Crippen LogP contribution < -0.4 is 0 Å². The molecule has 1 aromatic heterocycles. The number of nitrogens with one attached hydrogen (secondary N) is 1. The van der Waals surface area contributed by atoms with Gasteiger partial charge in [-0.2, -0.15) is 0 Å². The molecule has 0 spiro atoms. The van der Waals surface area contributed by atoms with Gasteiger partial charge in [0.15, 0.2) is 0 Å². The molecule has 1 heterocycles. The van der Waals surface area contributed by atoms with Crippen molar-refractivity contribution in [3.63, 3.8) is 0 Å². The lowest BCUT2D eigenvalue weighted by atomic mass is 9.97. The Kier molecular flexibility index (Phi) is 3.52. The van der Waals surface area contributed by atoms with Crippen molar-refractivity contribution in [2.45, 2.75) is 51.9 Å². The van der Waals surface area contributed by atoms with Crippen LogP contribution in [0, 0.1) is 4.64 Å². The van der Waals surface area contributed by atoms with Crippen molar-refractivity contribution in [1.82, 2.24) is 9.97 Å². The van der Waals surface area contributed by atoms with Gasteiger partial charge in [-0.05, 0) is 32.1 Å². The normalized spacial score (nSPS) is 15.0. The topological polar surface area (TPSA) is 28.7 Å². The number of fused-ring (bicyclic) bond motifs is 1. The van der Waals surface area contributed by atoms with Gasteiger partial charge in [0.25, 0.3) is 0 Å². The van der Waals surface area contributed by atoms with Gasteiger partial charge in [0.05, 0.1) is 0 Å². The Morgan fingerprint density at radius 3 is 2.93 bits per heavy atom. The summed E-state index contributed by atoms with van der Waals surface area (Å²) in [5.74, 6) is 1.09. The van der Waals surface area contributed by atoms with Crippen LogP contribution in [0.5, 0.6) is 0 Å². The highest BCUT2D eigenvalue weighted by molar-refractivity contribution is 7.71. The Bertz CT molecular complexity index is 395. The molecule has 1 N–H and O–H groups in total. The maximum atomic E-state index is 5.35. The first-order valence-electron chi connectivity index (χ1n) is 5.92. The van der Waals surface area contributed by atoms with Crippen LogP contribution in [0.4, 0.5) is 0 Å². The molecular formula is C12H18N2S. The number of nitrogens with zero attached hydrogens (tertiary/aromatic N) is 1. The fourth-order valence-corrected chi connectivity index (χ4v) is 2.47. The summed E-state index contributed by atoms with van der Waals surface area (Å²) >= 11 is 5.35. The molecule has 0 unspecified atom stereocenters. The third kappa shape index (κ3) is 2.46. The van der Waals surface area contributed by atoms with Crippen LogP contribution in [0.15, 0.2) is 0 Å². The van der Waals surface area contributed by atoms with Gasteiger partial charge in [0, 0.05) is 17.7 Å². The molecule has 82 valence electrons. The summed E-state index contributed by atoms with van der Waals surface area (Å²) in [6.45, 7) is 2.20. The van der Waals surface area contributed by atoms with Crippen molar-refractivity contribution < 1.29 is 0 Å². The number of H-pyrrole nitrogens is 1. The van der Waals surface area contributed by atoms with E-state index in [1.807, 2.05) is 0 Å². The Hall–Kier alpha value is -0.700. The molecule has 0 saturated carbocycles. The van der Waals surface area contributed by atoms with E-state index in [0.717, 1.165) is 29.7 Å². The molecule has 15 heavy (non-hydrogen) atoms. The molecule has 0 amide bonds. The second-order valence-electron chi connectivity index (χ2n) is 4.26. The number of hydrogen-bond donors (Lipinski definition) is 1. The van der Waals surface area contributed by atoms with Gasteiger partial charge in [-0.25, -0.2) is 4.98 Å². The second-order valence-corrected chi connectivity index (χ2v) is 4.64. The summed E-state index contributed by atoms with van der Waals surface area (Å²) in [6, 6.07) is 0. The van der Waals surface area contributed by atoms with Crippen molar-refractivity contribution in [3.05, 3.63) is 21.7 Å². The predicted octanol–water partition coefficient (Wildman–Crippen LogP) is 3.36. The van der Waals surface area contributed by atoms with Crippen molar-refractivity contribution in [2.75, 3.05) is 0 Å². The first-order chi connectivity index (χ1) is 7.31. The molecule has 1 aliphatic carbocycles. The van der Waals surface area contributed by atoms with Gasteiger partial charge >= 0.3 is 0 Å². The van der Waals surface area contributed by atoms with Gasteiger partial charge in [-0.1, -0.05) is 25.6 Å². The van der Waals surface area contributed by atoms with E-state index >= 15 is 0 Å². The molecule has 2 rings (SSSR count). The minimum atomic E-state index is 0.842. The van der Waals surface area contributed by atoms with E-state index < -0.39 is 0 Å². The third-order valence-electron chi connectivity index (χ3n) is 3.02. The average molecular weight is 222 g/mol. The molecule has 0 radical (unpaired) electrons. The summed E-state index contributed by atoms with van der Waals surface area (Å²) in [5, 5.41) is 0. The fraction of sp³-hybridized carbons (Fsp3) is 0.667. The molecule has 0 atom stereocenters. The minimum absolute atomic E-state index is 0.842. The summed E-state index contributed by atoms with van der Waals surface area (Å²) in [4.78, 5) is 7.95. The first-order valence-corrected chi connectivity index (χ1v) is 6.33. The molecule has 0 aliphatic heterocycles. The van der Waals surface area contributed by atoms with Gasteiger partial charge in [0.2, 0.25) is 0 Å². The van der Waals surface area contributed by atoms with Crippen LogP contribution in [0.25, 0.3) is 0 Å². The highest BCUT2D eigenvalue weighted by Gasteiger charge is 2.12. The summed E-state index contributed by atoms with van der Waals surface area (Å²) < 4.78 is 0.842. The van der Waals surface area contributed by atoms with E-state index in [0.29, 0.717) is 0 Å². The highest BCUT2D eigenvalue weighted by atomic mass is 32.1. The van der Waals surface area contributed by atoms with Crippen LogP contribution in [-0.2, 0) is 19.3 Å². The Labute approximate surface area is 96.1 Å². The SMILES string of the molecule is CCCCc1nc(=S)c2c([nH]1)CCCC2. The van der Waals surface area contributed by atoms with Crippen LogP contribution in [0.1, 0.15) is 49.7 Å². The van der Waals surface area contributed by atoms with E-state index in [1.54, 1.807) is 0 Å². The molecule has 2 nitrogen and oxygen atoms in total. The monoisotopic (exact) mass is 222 g/mol. The minimum Gasteiger partial charge on any atom is -0.347 e. The van der Waals surface area contributed by atoms with Gasteiger partial charge in [0.1, 0.15) is 10.5 Å². The summed E-state index contributed by atoms with van der Waals surface area (Å²) in [7, 11) is 0. The number of rotatable bonds is 3. The van der Waals surface area contributed by atoms with Crippen molar-refractivity contribution in [3.8, 4) is 0 Å². The van der Waals surface area contributed by atoms with Gasteiger partial charge < -0.3 is 4.98 Å². The molecular weight excluding hydrogens is 204 g/mol. The van der Waals surface area contributed by atoms with Crippen molar-refractivity contribution in [2.24, 2.45) is 0 Å². The van der Waals surface area contributed by atoms with Gasteiger partial charge in [-0.3, -0.25) is 0 Å². The zero-order valence-electron chi connectivity index (χ0n) is 9.31. The highest BCUT2D eigenvalue weighted by Crippen LogP contribution is 2.20. The first kappa shape index (κ1) is 10.8.